The molecule has 0 aromatic heterocycles. The number of aliphatic hydroxyl groups is 1. The predicted molar refractivity (Wildman–Crippen MR) is 187 cm³/mol. The Bertz CT molecular complexity index is 1890. The lowest BCUT2D eigenvalue weighted by molar-refractivity contribution is -0.128. The molecule has 0 saturated heterocycles. The average Bonchev–Trinajstić information content (AvgIpc) is 3.51. The number of carbonyl (C=O) groups is 1. The Hall–Kier alpha value is -5.51. The molecule has 0 unspecified atom stereocenters. The summed E-state index contributed by atoms with van der Waals surface area (Å²) in [6.07, 6.45) is 0.168. The van der Waals surface area contributed by atoms with E-state index in [9.17, 15) is 4.79 Å². The lowest BCUT2D eigenvalue weighted by Crippen LogP contribution is -2.50. The third-order valence-electron chi connectivity index (χ3n) is 8.19. The smallest absolute Gasteiger partial charge is 0.252 e. The molecule has 250 valence electrons. The molecule has 0 bridgehead atoms. The number of rotatable bonds is 16. The van der Waals surface area contributed by atoms with Crippen LogP contribution in [0.3, 0.4) is 0 Å². The van der Waals surface area contributed by atoms with Crippen molar-refractivity contribution in [3.05, 3.63) is 156 Å². The molecule has 2 atom stereocenters. The Balaban J connectivity index is 1.61. The van der Waals surface area contributed by atoms with E-state index in [1.807, 2.05) is 72.8 Å². The summed E-state index contributed by atoms with van der Waals surface area (Å²) >= 11 is 6.41. The Morgan fingerprint density at radius 1 is 0.898 bits per heavy atom. The van der Waals surface area contributed by atoms with Crippen LogP contribution in [0.1, 0.15) is 45.9 Å². The fraction of sp³-hybridized carbons (Fsp3) is 0.278. The molecule has 13 heteroatoms. The van der Waals surface area contributed by atoms with E-state index in [1.54, 1.807) is 24.3 Å². The lowest BCUT2D eigenvalue weighted by Gasteiger charge is -2.32. The maximum Gasteiger partial charge on any atom is 0.252 e. The summed E-state index contributed by atoms with van der Waals surface area (Å²) in [5.74, 6) is 0.488. The Labute approximate surface area is 288 Å². The first-order valence-electron chi connectivity index (χ1n) is 15.8. The van der Waals surface area contributed by atoms with Gasteiger partial charge in [-0.15, -0.1) is 0 Å². The zero-order chi connectivity index (χ0) is 34.5. The number of nitrogens with one attached hydrogen (secondary N) is 1. The summed E-state index contributed by atoms with van der Waals surface area (Å²) in [7, 11) is 0. The number of nitrogens with zero attached hydrogens (tertiary/aromatic N) is 7. The van der Waals surface area contributed by atoms with Crippen LogP contribution in [0.5, 0.6) is 5.75 Å². The molecule has 1 heterocycles. The maximum atomic E-state index is 14.7. The summed E-state index contributed by atoms with van der Waals surface area (Å²) < 4.78 is 12.4. The number of hydrogen-bond acceptors (Lipinski definition) is 7. The summed E-state index contributed by atoms with van der Waals surface area (Å²) in [6, 6.07) is 29.4. The molecule has 4 aromatic rings. The molecule has 0 spiro atoms. The second-order valence-electron chi connectivity index (χ2n) is 11.3. The number of aliphatic imine (C=N–C) groups is 1. The van der Waals surface area contributed by atoms with Crippen molar-refractivity contribution in [2.45, 2.75) is 44.0 Å². The number of benzene rings is 4. The zero-order valence-electron chi connectivity index (χ0n) is 26.7. The molecule has 1 aliphatic rings. The first kappa shape index (κ1) is 34.8. The van der Waals surface area contributed by atoms with Crippen molar-refractivity contribution >= 4 is 23.4 Å². The van der Waals surface area contributed by atoms with Crippen molar-refractivity contribution in [3.63, 3.8) is 0 Å². The van der Waals surface area contributed by atoms with Gasteiger partial charge in [-0.05, 0) is 75.6 Å². The van der Waals surface area contributed by atoms with Crippen molar-refractivity contribution in [3.8, 4) is 5.75 Å². The topological polar surface area (TPSA) is 178 Å². The highest BCUT2D eigenvalue weighted by Crippen LogP contribution is 2.44. The Kier molecular flexibility index (Phi) is 12.1. The molecule has 2 N–H and O–H groups in total. The molecular formula is C36H35ClN8O4. The van der Waals surface area contributed by atoms with E-state index in [0.29, 0.717) is 46.9 Å². The predicted octanol–water partition coefficient (Wildman–Crippen LogP) is 7.58. The second-order valence-corrected chi connectivity index (χ2v) is 11.7. The normalized spacial score (nSPS) is 16.4. The molecule has 49 heavy (non-hydrogen) atoms. The molecule has 0 aliphatic carbocycles. The number of hydrogen-bond donors (Lipinski definition) is 2. The van der Waals surface area contributed by atoms with Crippen LogP contribution in [0.25, 0.3) is 20.9 Å². The largest absolute Gasteiger partial charge is 0.494 e. The van der Waals surface area contributed by atoms with E-state index < -0.39 is 11.6 Å². The van der Waals surface area contributed by atoms with Crippen LogP contribution in [0.4, 0.5) is 0 Å². The van der Waals surface area contributed by atoms with Crippen LogP contribution >= 0.6 is 11.6 Å². The Morgan fingerprint density at radius 3 is 2.22 bits per heavy atom. The van der Waals surface area contributed by atoms with Crippen LogP contribution < -0.4 is 10.1 Å². The SMILES string of the molecule is [N-]=[N+]=NCc1ccccc1C[C@@]1(C(=O)NCCc2ccccc2Cl)N=C(c2ccc(OCCCO)cc2)O[C@@H]1c1ccccc1CN=[N+]=[N-]. The van der Waals surface area contributed by atoms with Crippen molar-refractivity contribution < 1.29 is 19.4 Å². The van der Waals surface area contributed by atoms with Gasteiger partial charge >= 0.3 is 0 Å². The molecular weight excluding hydrogens is 644 g/mol. The number of amides is 1. The molecule has 12 nitrogen and oxygen atoms in total. The molecule has 5 rings (SSSR count). The van der Waals surface area contributed by atoms with Gasteiger partial charge in [-0.3, -0.25) is 4.79 Å². The monoisotopic (exact) mass is 678 g/mol. The molecule has 1 aliphatic heterocycles. The van der Waals surface area contributed by atoms with Crippen LogP contribution in [0, 0.1) is 0 Å². The molecule has 1 amide bonds. The van der Waals surface area contributed by atoms with Crippen molar-refractivity contribution in [2.24, 2.45) is 15.2 Å². The van der Waals surface area contributed by atoms with E-state index in [1.165, 1.54) is 0 Å². The fourth-order valence-electron chi connectivity index (χ4n) is 5.75. The zero-order valence-corrected chi connectivity index (χ0v) is 27.4. The van der Waals surface area contributed by atoms with Crippen LogP contribution in [-0.2, 0) is 35.5 Å². The third kappa shape index (κ3) is 8.51. The van der Waals surface area contributed by atoms with E-state index in [-0.39, 0.29) is 44.5 Å². The lowest BCUT2D eigenvalue weighted by atomic mass is 9.79. The number of carbonyl (C=O) groups excluding carboxylic acids is 1. The minimum atomic E-state index is -1.54. The van der Waals surface area contributed by atoms with Gasteiger partial charge < -0.3 is 19.9 Å². The summed E-state index contributed by atoms with van der Waals surface area (Å²) in [4.78, 5) is 25.7. The first-order valence-corrected chi connectivity index (χ1v) is 16.2. The quantitative estimate of drug-likeness (QED) is 0.0537. The van der Waals surface area contributed by atoms with Crippen molar-refractivity contribution in [1.29, 1.82) is 0 Å². The van der Waals surface area contributed by atoms with Gasteiger partial charge in [-0.25, -0.2) is 4.99 Å². The van der Waals surface area contributed by atoms with Crippen LogP contribution in [-0.4, -0.2) is 42.2 Å². The van der Waals surface area contributed by atoms with Gasteiger partial charge in [0.2, 0.25) is 5.90 Å². The second kappa shape index (κ2) is 17.1. The molecule has 0 radical (unpaired) electrons. The minimum absolute atomic E-state index is 0.0276. The fourth-order valence-corrected chi connectivity index (χ4v) is 5.98. The average molecular weight is 679 g/mol. The van der Waals surface area contributed by atoms with Crippen LogP contribution in [0.15, 0.2) is 112 Å². The molecule has 0 fully saturated rings. The van der Waals surface area contributed by atoms with Gasteiger partial charge in [-0.1, -0.05) is 88.6 Å². The number of ether oxygens (including phenoxy) is 2. The summed E-state index contributed by atoms with van der Waals surface area (Å²) in [5, 5.41) is 20.4. The van der Waals surface area contributed by atoms with Gasteiger partial charge in [0.25, 0.3) is 5.91 Å². The summed E-state index contributed by atoms with van der Waals surface area (Å²) in [6.45, 7) is 0.802. The first-order chi connectivity index (χ1) is 24.0. The number of azide groups is 2. The highest BCUT2D eigenvalue weighted by Gasteiger charge is 2.54. The van der Waals surface area contributed by atoms with Gasteiger partial charge in [-0.2, -0.15) is 0 Å². The van der Waals surface area contributed by atoms with Crippen molar-refractivity contribution in [2.75, 3.05) is 19.8 Å². The van der Waals surface area contributed by atoms with Gasteiger partial charge in [0, 0.05) is 46.4 Å². The van der Waals surface area contributed by atoms with Gasteiger partial charge in [0.05, 0.1) is 19.7 Å². The minimum Gasteiger partial charge on any atom is -0.494 e. The van der Waals surface area contributed by atoms with E-state index >= 15 is 0 Å². The number of halogens is 1. The van der Waals surface area contributed by atoms with E-state index in [0.717, 1.165) is 16.7 Å². The van der Waals surface area contributed by atoms with Gasteiger partial charge in [0.1, 0.15) is 5.75 Å². The Morgan fingerprint density at radius 2 is 1.53 bits per heavy atom. The van der Waals surface area contributed by atoms with Crippen LogP contribution in [0.2, 0.25) is 5.02 Å². The summed E-state index contributed by atoms with van der Waals surface area (Å²) in [5.41, 5.74) is 21.0. The van der Waals surface area contributed by atoms with Gasteiger partial charge in [0.15, 0.2) is 11.6 Å². The van der Waals surface area contributed by atoms with Crippen molar-refractivity contribution in [1.82, 2.24) is 5.32 Å². The maximum absolute atomic E-state index is 14.7. The van der Waals surface area contributed by atoms with E-state index in [2.05, 4.69) is 25.4 Å². The van der Waals surface area contributed by atoms with E-state index in [4.69, 9.17) is 42.2 Å². The standard InChI is InChI=1S/C36H35ClN8O4/c37-32-13-6-4-8-25(32)18-19-40-35(47)36(22-27-9-1-2-10-28(27)23-41-44-38)33(31-12-5-3-11-29(31)24-42-45-39)49-34(43-36)26-14-16-30(17-15-26)48-21-7-20-46/h1-6,8-17,33,46H,7,18-24H2,(H,40,47)/t33-,36-/m1/s1. The molecule has 4 aromatic carbocycles. The highest BCUT2D eigenvalue weighted by atomic mass is 35.5. The number of aliphatic hydroxyl groups excluding tert-OH is 1. The highest BCUT2D eigenvalue weighted by molar-refractivity contribution is 6.31. The third-order valence-corrected chi connectivity index (χ3v) is 8.56. The molecule has 0 saturated carbocycles.